The van der Waals surface area contributed by atoms with Crippen molar-refractivity contribution >= 4 is 12.0 Å². The topological polar surface area (TPSA) is 109 Å². The fraction of sp³-hybridized carbons (Fsp3) is 0.296. The zero-order chi connectivity index (χ0) is 25.4. The van der Waals surface area contributed by atoms with E-state index in [2.05, 4.69) is 9.97 Å². The van der Waals surface area contributed by atoms with Gasteiger partial charge in [0.15, 0.2) is 0 Å². The molecule has 4 unspecified atom stereocenters. The van der Waals surface area contributed by atoms with Gasteiger partial charge in [-0.2, -0.15) is 0 Å². The van der Waals surface area contributed by atoms with Crippen molar-refractivity contribution in [2.45, 2.75) is 44.1 Å². The molecule has 8 heteroatoms. The first-order valence-corrected chi connectivity index (χ1v) is 11.2. The highest BCUT2D eigenvalue weighted by Gasteiger charge is 2.49. The quantitative estimate of drug-likeness (QED) is 0.476. The average molecular weight is 480 g/mol. The lowest BCUT2D eigenvalue weighted by Crippen LogP contribution is -2.44. The number of hydrogen-bond acceptors (Lipinski definition) is 5. The lowest BCUT2D eigenvalue weighted by atomic mass is 9.69. The van der Waals surface area contributed by atoms with E-state index in [1.165, 1.54) is 54.9 Å². The number of amides is 1. The molecule has 4 rings (SSSR count). The SMILES string of the molecule is CC(C)(O)c1ccnc(C(c2ccc(F)cc2)C(O)CC2(C(N)=O)C=Cc3ncccc3C2F)c1. The fourth-order valence-corrected chi connectivity index (χ4v) is 4.58. The van der Waals surface area contributed by atoms with E-state index in [4.69, 9.17) is 5.73 Å². The first-order valence-electron chi connectivity index (χ1n) is 11.2. The van der Waals surface area contributed by atoms with Crippen LogP contribution in [0.25, 0.3) is 6.08 Å². The van der Waals surface area contributed by atoms with Crippen molar-refractivity contribution in [3.8, 4) is 0 Å². The highest BCUT2D eigenvalue weighted by molar-refractivity contribution is 5.86. The Morgan fingerprint density at radius 3 is 2.54 bits per heavy atom. The summed E-state index contributed by atoms with van der Waals surface area (Å²) in [5.74, 6) is -2.24. The van der Waals surface area contributed by atoms with E-state index in [-0.39, 0.29) is 12.0 Å². The summed E-state index contributed by atoms with van der Waals surface area (Å²) in [7, 11) is 0. The van der Waals surface area contributed by atoms with Crippen molar-refractivity contribution < 1.29 is 23.8 Å². The summed E-state index contributed by atoms with van der Waals surface area (Å²) in [6.45, 7) is 3.23. The molecule has 4 N–H and O–H groups in total. The van der Waals surface area contributed by atoms with Crippen molar-refractivity contribution in [1.82, 2.24) is 9.97 Å². The minimum atomic E-state index is -1.83. The molecule has 0 radical (unpaired) electrons. The zero-order valence-electron chi connectivity index (χ0n) is 19.4. The Bertz CT molecular complexity index is 1260. The van der Waals surface area contributed by atoms with Crippen molar-refractivity contribution in [2.24, 2.45) is 11.1 Å². The molecule has 2 heterocycles. The second-order valence-corrected chi connectivity index (χ2v) is 9.41. The lowest BCUT2D eigenvalue weighted by Gasteiger charge is -2.37. The van der Waals surface area contributed by atoms with Gasteiger partial charge in [-0.05, 0) is 67.8 Å². The van der Waals surface area contributed by atoms with Crippen molar-refractivity contribution in [3.63, 3.8) is 0 Å². The van der Waals surface area contributed by atoms with Crippen LogP contribution in [0.5, 0.6) is 0 Å². The van der Waals surface area contributed by atoms with Crippen LogP contribution < -0.4 is 5.73 Å². The standard InChI is InChI=1S/C27H27F2N3O3/c1-26(2,35)17-10-13-32-21(14-17)23(16-5-7-18(28)8-6-16)22(33)15-27(25(30)34)11-9-20-19(24(27)29)4-3-12-31-20/h3-14,22-24,33,35H,15H2,1-2H3,(H2,30,34). The number of aromatic nitrogens is 2. The van der Waals surface area contributed by atoms with Gasteiger partial charge in [0.25, 0.3) is 0 Å². The summed E-state index contributed by atoms with van der Waals surface area (Å²) < 4.78 is 29.5. The third-order valence-electron chi connectivity index (χ3n) is 6.56. The Kier molecular flexibility index (Phi) is 6.53. The van der Waals surface area contributed by atoms with E-state index in [1.54, 1.807) is 32.0 Å². The first kappa shape index (κ1) is 24.6. The third-order valence-corrected chi connectivity index (χ3v) is 6.56. The van der Waals surface area contributed by atoms with Gasteiger partial charge in [-0.3, -0.25) is 14.8 Å². The van der Waals surface area contributed by atoms with Gasteiger partial charge in [0.1, 0.15) is 17.4 Å². The lowest BCUT2D eigenvalue weighted by molar-refractivity contribution is -0.130. The molecule has 35 heavy (non-hydrogen) atoms. The Labute approximate surface area is 202 Å². The average Bonchev–Trinajstić information content (AvgIpc) is 2.82. The maximum Gasteiger partial charge on any atom is 0.230 e. The molecule has 1 amide bonds. The molecule has 0 aliphatic heterocycles. The van der Waals surface area contributed by atoms with Crippen LogP contribution in [0.1, 0.15) is 60.4 Å². The number of halogens is 2. The van der Waals surface area contributed by atoms with Crippen molar-refractivity contribution in [3.05, 3.63) is 101 Å². The molecule has 0 fully saturated rings. The van der Waals surface area contributed by atoms with Crippen LogP contribution in [0, 0.1) is 11.2 Å². The fourth-order valence-electron chi connectivity index (χ4n) is 4.58. The number of nitrogens with zero attached hydrogens (tertiary/aromatic N) is 2. The highest BCUT2D eigenvalue weighted by atomic mass is 19.1. The number of alkyl halides is 1. The van der Waals surface area contributed by atoms with E-state index in [0.29, 0.717) is 22.5 Å². The number of fused-ring (bicyclic) bond motifs is 1. The number of rotatable bonds is 7. The molecule has 1 aliphatic carbocycles. The molecule has 0 bridgehead atoms. The molecule has 182 valence electrons. The summed E-state index contributed by atoms with van der Waals surface area (Å²) in [6.07, 6.45) is 2.39. The maximum absolute atomic E-state index is 15.8. The summed E-state index contributed by atoms with van der Waals surface area (Å²) in [5, 5.41) is 22.0. The number of nitrogens with two attached hydrogens (primary N) is 1. The van der Waals surface area contributed by atoms with Crippen molar-refractivity contribution in [2.75, 3.05) is 0 Å². The summed E-state index contributed by atoms with van der Waals surface area (Å²) in [4.78, 5) is 21.2. The third kappa shape index (κ3) is 4.72. The Morgan fingerprint density at radius 2 is 1.89 bits per heavy atom. The van der Waals surface area contributed by atoms with E-state index < -0.39 is 40.9 Å². The molecule has 0 spiro atoms. The molecular weight excluding hydrogens is 452 g/mol. The van der Waals surface area contributed by atoms with Crippen LogP contribution in [-0.2, 0) is 10.4 Å². The predicted octanol–water partition coefficient (Wildman–Crippen LogP) is 3.94. The number of carbonyl (C=O) groups excluding carboxylic acids is 1. The van der Waals surface area contributed by atoms with Gasteiger partial charge in [0, 0.05) is 18.0 Å². The van der Waals surface area contributed by atoms with Gasteiger partial charge in [-0.1, -0.05) is 24.3 Å². The number of benzene rings is 1. The smallest absolute Gasteiger partial charge is 0.230 e. The van der Waals surface area contributed by atoms with Gasteiger partial charge in [0.2, 0.25) is 5.91 Å². The first-order chi connectivity index (χ1) is 16.5. The molecule has 1 aliphatic rings. The Balaban J connectivity index is 1.78. The normalized spacial score (nSPS) is 21.3. The molecule has 0 saturated heterocycles. The monoisotopic (exact) mass is 479 g/mol. The van der Waals surface area contributed by atoms with Crippen LogP contribution in [0.2, 0.25) is 0 Å². The minimum Gasteiger partial charge on any atom is -0.392 e. The summed E-state index contributed by atoms with van der Waals surface area (Å²) >= 11 is 0. The number of aliphatic hydroxyl groups excluding tert-OH is 1. The molecule has 6 nitrogen and oxygen atoms in total. The minimum absolute atomic E-state index is 0.210. The molecule has 3 aromatic rings. The zero-order valence-corrected chi connectivity index (χ0v) is 19.4. The van der Waals surface area contributed by atoms with Gasteiger partial charge in [-0.25, -0.2) is 8.78 Å². The van der Waals surface area contributed by atoms with Crippen LogP contribution in [0.3, 0.4) is 0 Å². The summed E-state index contributed by atoms with van der Waals surface area (Å²) in [6, 6.07) is 11.9. The Hall–Kier alpha value is -3.49. The predicted molar refractivity (Wildman–Crippen MR) is 127 cm³/mol. The number of aliphatic hydroxyl groups is 2. The van der Waals surface area contributed by atoms with Gasteiger partial charge < -0.3 is 15.9 Å². The molecule has 4 atom stereocenters. The van der Waals surface area contributed by atoms with Gasteiger partial charge in [-0.15, -0.1) is 0 Å². The van der Waals surface area contributed by atoms with E-state index in [1.807, 2.05) is 0 Å². The van der Waals surface area contributed by atoms with Gasteiger partial charge >= 0.3 is 0 Å². The second kappa shape index (κ2) is 9.28. The van der Waals surface area contributed by atoms with Crippen molar-refractivity contribution in [1.29, 1.82) is 0 Å². The summed E-state index contributed by atoms with van der Waals surface area (Å²) in [5.41, 5.74) is 4.74. The van der Waals surface area contributed by atoms with Crippen LogP contribution >= 0.6 is 0 Å². The van der Waals surface area contributed by atoms with Crippen LogP contribution in [0.15, 0.2) is 67.0 Å². The molecule has 2 aromatic heterocycles. The van der Waals surface area contributed by atoms with Gasteiger partial charge in [0.05, 0.1) is 29.0 Å². The van der Waals surface area contributed by atoms with Crippen LogP contribution in [0.4, 0.5) is 8.78 Å². The molecule has 0 saturated carbocycles. The number of primary amides is 1. The largest absolute Gasteiger partial charge is 0.392 e. The van der Waals surface area contributed by atoms with E-state index >= 15 is 4.39 Å². The molecular formula is C27H27F2N3O3. The second-order valence-electron chi connectivity index (χ2n) is 9.41. The highest BCUT2D eigenvalue weighted by Crippen LogP contribution is 2.48. The number of pyridine rings is 2. The number of carbonyl (C=O) groups is 1. The van der Waals surface area contributed by atoms with Crippen LogP contribution in [-0.4, -0.2) is 32.2 Å². The van der Waals surface area contributed by atoms with E-state index in [0.717, 1.165) is 0 Å². The Morgan fingerprint density at radius 1 is 1.17 bits per heavy atom. The maximum atomic E-state index is 15.8. The number of hydrogen-bond donors (Lipinski definition) is 3. The molecule has 1 aromatic carbocycles. The van der Waals surface area contributed by atoms with E-state index in [9.17, 15) is 19.4 Å².